The zero-order chi connectivity index (χ0) is 18.0. The Morgan fingerprint density at radius 3 is 1.73 bits per heavy atom. The lowest BCUT2D eigenvalue weighted by molar-refractivity contribution is -0.136. The smallest absolute Gasteiger partial charge is 0.303 e. The number of hydrogen-bond donors (Lipinski definition) is 4. The molecule has 0 aromatic heterocycles. The number of carboxylic acid groups (broad SMARTS) is 1. The minimum Gasteiger partial charge on any atom is -0.481 e. The summed E-state index contributed by atoms with van der Waals surface area (Å²) in [4.78, 5) is 31.5. The fourth-order valence-electron chi connectivity index (χ4n) is 1.07. The Labute approximate surface area is 134 Å². The second kappa shape index (κ2) is 19.4. The zero-order valence-electron chi connectivity index (χ0n) is 14.8. The molecule has 0 rings (SSSR count). The standard InChI is InChI=1S/C10H21N3O2.C3H6O2.C2H6/c1-8(2)6-9(14)12-4-5-13-10(15)7-11-3;1-2-3(4)5;1-2/h8,11H,4-7H2,1-3H3,(H,12,14)(H,13,15);2H2,1H3,(H,4,5);1-2H3. The number of hydrogen-bond acceptors (Lipinski definition) is 4. The van der Waals surface area contributed by atoms with Gasteiger partial charge in [-0.15, -0.1) is 0 Å². The van der Waals surface area contributed by atoms with E-state index in [1.807, 2.05) is 27.7 Å². The molecule has 2 amide bonds. The van der Waals surface area contributed by atoms with Crippen LogP contribution in [0.4, 0.5) is 0 Å². The first-order valence-electron chi connectivity index (χ1n) is 7.73. The van der Waals surface area contributed by atoms with Crippen LogP contribution in [0.2, 0.25) is 0 Å². The van der Waals surface area contributed by atoms with Crippen LogP contribution in [-0.2, 0) is 14.4 Å². The Kier molecular flexibility index (Phi) is 22.3. The lowest BCUT2D eigenvalue weighted by Gasteiger charge is -2.08. The molecule has 132 valence electrons. The summed E-state index contributed by atoms with van der Waals surface area (Å²) >= 11 is 0. The largest absolute Gasteiger partial charge is 0.481 e. The third kappa shape index (κ3) is 26.8. The molecule has 0 heterocycles. The van der Waals surface area contributed by atoms with E-state index < -0.39 is 5.97 Å². The first-order valence-corrected chi connectivity index (χ1v) is 7.73. The summed E-state index contributed by atoms with van der Waals surface area (Å²) in [5.41, 5.74) is 0. The van der Waals surface area contributed by atoms with Gasteiger partial charge >= 0.3 is 5.97 Å². The van der Waals surface area contributed by atoms with Gasteiger partial charge < -0.3 is 21.1 Å². The third-order valence-electron chi connectivity index (χ3n) is 2.00. The highest BCUT2D eigenvalue weighted by atomic mass is 16.4. The molecule has 0 aliphatic rings. The number of carbonyl (C=O) groups excluding carboxylic acids is 2. The Morgan fingerprint density at radius 1 is 1.00 bits per heavy atom. The maximum absolute atomic E-state index is 11.2. The first kappa shape index (κ1) is 25.3. The van der Waals surface area contributed by atoms with Crippen molar-refractivity contribution < 1.29 is 19.5 Å². The molecule has 22 heavy (non-hydrogen) atoms. The van der Waals surface area contributed by atoms with Crippen molar-refractivity contribution >= 4 is 17.8 Å². The Bertz CT molecular complexity index is 295. The van der Waals surface area contributed by atoms with E-state index >= 15 is 0 Å². The molecule has 0 fully saturated rings. The molecule has 0 aliphatic carbocycles. The molecule has 0 bridgehead atoms. The van der Waals surface area contributed by atoms with Crippen LogP contribution in [0, 0.1) is 5.92 Å². The van der Waals surface area contributed by atoms with Gasteiger partial charge in [0.25, 0.3) is 0 Å². The van der Waals surface area contributed by atoms with Gasteiger partial charge in [0.05, 0.1) is 6.54 Å². The lowest BCUT2D eigenvalue weighted by Crippen LogP contribution is -2.38. The van der Waals surface area contributed by atoms with E-state index in [1.165, 1.54) is 0 Å². The van der Waals surface area contributed by atoms with Gasteiger partial charge in [-0.3, -0.25) is 14.4 Å². The molecule has 0 spiro atoms. The Balaban J connectivity index is -0.000000434. The van der Waals surface area contributed by atoms with E-state index in [9.17, 15) is 14.4 Å². The van der Waals surface area contributed by atoms with E-state index in [-0.39, 0.29) is 18.2 Å². The van der Waals surface area contributed by atoms with Gasteiger partial charge in [-0.25, -0.2) is 0 Å². The minimum absolute atomic E-state index is 0.0351. The lowest BCUT2D eigenvalue weighted by atomic mass is 10.1. The van der Waals surface area contributed by atoms with E-state index in [1.54, 1.807) is 14.0 Å². The third-order valence-corrected chi connectivity index (χ3v) is 2.00. The van der Waals surface area contributed by atoms with E-state index in [2.05, 4.69) is 16.0 Å². The van der Waals surface area contributed by atoms with Gasteiger partial charge in [0, 0.05) is 25.9 Å². The molecule has 0 atom stereocenters. The summed E-state index contributed by atoms with van der Waals surface area (Å²) in [5, 5.41) is 15.9. The predicted molar refractivity (Wildman–Crippen MR) is 88.7 cm³/mol. The SMILES string of the molecule is CC.CCC(=O)O.CNCC(=O)NCCNC(=O)CC(C)C. The molecule has 0 aromatic rings. The van der Waals surface area contributed by atoms with E-state index in [0.29, 0.717) is 32.0 Å². The van der Waals surface area contributed by atoms with Crippen LogP contribution in [0.1, 0.15) is 47.5 Å². The van der Waals surface area contributed by atoms with Crippen molar-refractivity contribution in [3.05, 3.63) is 0 Å². The summed E-state index contributed by atoms with van der Waals surface area (Å²) < 4.78 is 0. The van der Waals surface area contributed by atoms with E-state index in [0.717, 1.165) is 0 Å². The van der Waals surface area contributed by atoms with Gasteiger partial charge in [0.1, 0.15) is 0 Å². The van der Waals surface area contributed by atoms with Crippen molar-refractivity contribution in [2.24, 2.45) is 5.92 Å². The molecule has 0 radical (unpaired) electrons. The second-order valence-corrected chi connectivity index (χ2v) is 4.58. The van der Waals surface area contributed by atoms with Crippen LogP contribution >= 0.6 is 0 Å². The van der Waals surface area contributed by atoms with Crippen LogP contribution in [-0.4, -0.2) is 49.6 Å². The van der Waals surface area contributed by atoms with Gasteiger partial charge in [0.15, 0.2) is 0 Å². The fraction of sp³-hybridized carbons (Fsp3) is 0.800. The highest BCUT2D eigenvalue weighted by molar-refractivity contribution is 5.78. The van der Waals surface area contributed by atoms with Crippen molar-refractivity contribution in [3.63, 3.8) is 0 Å². The molecular weight excluding hydrogens is 286 g/mol. The molecule has 0 saturated carbocycles. The van der Waals surface area contributed by atoms with E-state index in [4.69, 9.17) is 5.11 Å². The highest BCUT2D eigenvalue weighted by Crippen LogP contribution is 1.97. The maximum atomic E-state index is 11.2. The van der Waals surface area contributed by atoms with Gasteiger partial charge in [0.2, 0.25) is 11.8 Å². The molecule has 7 heteroatoms. The Morgan fingerprint density at radius 2 is 1.41 bits per heavy atom. The summed E-state index contributed by atoms with van der Waals surface area (Å²) in [6, 6.07) is 0. The maximum Gasteiger partial charge on any atom is 0.303 e. The minimum atomic E-state index is -0.745. The van der Waals surface area contributed by atoms with Crippen LogP contribution < -0.4 is 16.0 Å². The predicted octanol–water partition coefficient (Wildman–Crippen LogP) is 0.992. The number of nitrogens with one attached hydrogen (secondary N) is 3. The zero-order valence-corrected chi connectivity index (χ0v) is 14.8. The summed E-state index contributed by atoms with van der Waals surface area (Å²) in [6.45, 7) is 10.9. The fourth-order valence-corrected chi connectivity index (χ4v) is 1.07. The number of rotatable bonds is 8. The normalized spacial score (nSPS) is 8.86. The summed E-state index contributed by atoms with van der Waals surface area (Å²) in [7, 11) is 1.71. The number of carbonyl (C=O) groups is 3. The number of likely N-dealkylation sites (N-methyl/N-ethyl adjacent to an activating group) is 1. The molecule has 0 saturated heterocycles. The molecule has 0 aromatic carbocycles. The summed E-state index contributed by atoms with van der Waals surface area (Å²) in [6.07, 6.45) is 0.754. The van der Waals surface area contributed by atoms with Crippen LogP contribution in [0.15, 0.2) is 0 Å². The van der Waals surface area contributed by atoms with Crippen molar-refractivity contribution in [2.45, 2.75) is 47.5 Å². The number of amides is 2. The van der Waals surface area contributed by atoms with Crippen molar-refractivity contribution in [1.29, 1.82) is 0 Å². The molecule has 4 N–H and O–H groups in total. The van der Waals surface area contributed by atoms with Crippen LogP contribution in [0.25, 0.3) is 0 Å². The Hall–Kier alpha value is -1.63. The molecule has 7 nitrogen and oxygen atoms in total. The summed E-state index contributed by atoms with van der Waals surface area (Å²) in [5.74, 6) is -0.405. The molecular formula is C15H33N3O4. The average Bonchev–Trinajstić information content (AvgIpc) is 2.46. The van der Waals surface area contributed by atoms with Crippen molar-refractivity contribution in [1.82, 2.24) is 16.0 Å². The van der Waals surface area contributed by atoms with Crippen LogP contribution in [0.3, 0.4) is 0 Å². The van der Waals surface area contributed by atoms with Gasteiger partial charge in [-0.1, -0.05) is 34.6 Å². The molecule has 0 unspecified atom stereocenters. The second-order valence-electron chi connectivity index (χ2n) is 4.58. The first-order chi connectivity index (χ1) is 10.3. The quantitative estimate of drug-likeness (QED) is 0.499. The highest BCUT2D eigenvalue weighted by Gasteiger charge is 2.03. The van der Waals surface area contributed by atoms with Crippen LogP contribution in [0.5, 0.6) is 0 Å². The van der Waals surface area contributed by atoms with Gasteiger partial charge in [-0.2, -0.15) is 0 Å². The topological polar surface area (TPSA) is 108 Å². The monoisotopic (exact) mass is 319 g/mol. The molecule has 0 aliphatic heterocycles. The van der Waals surface area contributed by atoms with Crippen molar-refractivity contribution in [2.75, 3.05) is 26.7 Å². The van der Waals surface area contributed by atoms with Gasteiger partial charge in [-0.05, 0) is 13.0 Å². The number of aliphatic carboxylic acids is 1. The average molecular weight is 319 g/mol. The van der Waals surface area contributed by atoms with Crippen molar-refractivity contribution in [3.8, 4) is 0 Å². The number of carboxylic acids is 1.